The van der Waals surface area contributed by atoms with Gasteiger partial charge in [-0.1, -0.05) is 19.1 Å². The smallest absolute Gasteiger partial charge is 0.377 e. The molecule has 4 nitrogen and oxygen atoms in total. The summed E-state index contributed by atoms with van der Waals surface area (Å²) in [4.78, 5) is 22.3. The monoisotopic (exact) mass is 200 g/mol. The lowest BCUT2D eigenvalue weighted by Gasteiger charge is -2.24. The SMILES string of the molecule is C/C=C/C(C)[C@@](C)(O)C(=O)C(=O)OC. The number of ketones is 1. The third-order valence-electron chi connectivity index (χ3n) is 2.20. The van der Waals surface area contributed by atoms with Crippen LogP contribution >= 0.6 is 0 Å². The molecule has 0 aliphatic rings. The molecule has 0 heterocycles. The average Bonchev–Trinajstić information content (AvgIpc) is 2.15. The number of allylic oxidation sites excluding steroid dienone is 1. The molecule has 0 radical (unpaired) electrons. The topological polar surface area (TPSA) is 63.6 Å². The standard InChI is InChI=1S/C10H16O4/c1-5-6-7(2)10(3,13)8(11)9(12)14-4/h5-7,13H,1-4H3/b6-5+/t7?,10-/m1/s1. The predicted octanol–water partition coefficient (Wildman–Crippen LogP) is 0.692. The van der Waals surface area contributed by atoms with E-state index in [0.717, 1.165) is 7.11 Å². The summed E-state index contributed by atoms with van der Waals surface area (Å²) >= 11 is 0. The highest BCUT2D eigenvalue weighted by Gasteiger charge is 2.39. The summed E-state index contributed by atoms with van der Waals surface area (Å²) in [5.41, 5.74) is -1.71. The van der Waals surface area contributed by atoms with Crippen molar-refractivity contribution in [2.75, 3.05) is 7.11 Å². The molecule has 2 atom stereocenters. The second kappa shape index (κ2) is 4.91. The highest BCUT2D eigenvalue weighted by Crippen LogP contribution is 2.19. The van der Waals surface area contributed by atoms with Crippen LogP contribution in [-0.4, -0.2) is 29.6 Å². The van der Waals surface area contributed by atoms with Gasteiger partial charge in [0.15, 0.2) is 0 Å². The average molecular weight is 200 g/mol. The van der Waals surface area contributed by atoms with E-state index in [9.17, 15) is 14.7 Å². The maximum Gasteiger partial charge on any atom is 0.377 e. The van der Waals surface area contributed by atoms with Crippen LogP contribution in [0.2, 0.25) is 0 Å². The van der Waals surface area contributed by atoms with Crippen molar-refractivity contribution in [1.29, 1.82) is 0 Å². The number of hydrogen-bond acceptors (Lipinski definition) is 4. The molecule has 1 N–H and O–H groups in total. The summed E-state index contributed by atoms with van der Waals surface area (Å²) in [6.07, 6.45) is 3.37. The quantitative estimate of drug-likeness (QED) is 0.412. The lowest BCUT2D eigenvalue weighted by atomic mass is 9.86. The molecule has 80 valence electrons. The van der Waals surface area contributed by atoms with Gasteiger partial charge in [-0.15, -0.1) is 0 Å². The third kappa shape index (κ3) is 2.67. The molecule has 0 saturated heterocycles. The molecule has 0 bridgehead atoms. The molecule has 0 aliphatic heterocycles. The Morgan fingerprint density at radius 1 is 1.50 bits per heavy atom. The molecule has 0 saturated carbocycles. The van der Waals surface area contributed by atoms with Crippen LogP contribution < -0.4 is 0 Å². The van der Waals surface area contributed by atoms with E-state index >= 15 is 0 Å². The molecule has 1 unspecified atom stereocenters. The Morgan fingerprint density at radius 3 is 2.36 bits per heavy atom. The molecule has 0 spiro atoms. The van der Waals surface area contributed by atoms with E-state index in [1.54, 1.807) is 26.0 Å². The minimum Gasteiger partial charge on any atom is -0.463 e. The molecule has 0 fully saturated rings. The molecule has 0 aromatic carbocycles. The molecular formula is C10H16O4. The van der Waals surface area contributed by atoms with Crippen LogP contribution in [0.5, 0.6) is 0 Å². The summed E-state index contributed by atoms with van der Waals surface area (Å²) in [6.45, 7) is 4.73. The van der Waals surface area contributed by atoms with Gasteiger partial charge in [0.05, 0.1) is 7.11 Å². The largest absolute Gasteiger partial charge is 0.463 e. The van der Waals surface area contributed by atoms with Crippen LogP contribution in [0.15, 0.2) is 12.2 Å². The van der Waals surface area contributed by atoms with E-state index in [1.807, 2.05) is 0 Å². The molecule has 0 rings (SSSR count). The lowest BCUT2D eigenvalue weighted by molar-refractivity contribution is -0.161. The fraction of sp³-hybridized carbons (Fsp3) is 0.600. The van der Waals surface area contributed by atoms with Gasteiger partial charge in [-0.05, 0) is 13.8 Å². The van der Waals surface area contributed by atoms with Crippen LogP contribution in [-0.2, 0) is 14.3 Å². The van der Waals surface area contributed by atoms with Crippen molar-refractivity contribution in [3.8, 4) is 0 Å². The van der Waals surface area contributed by atoms with Crippen LogP contribution in [0.3, 0.4) is 0 Å². The number of methoxy groups -OCH3 is 1. The summed E-state index contributed by atoms with van der Waals surface area (Å²) in [7, 11) is 1.11. The fourth-order valence-electron chi connectivity index (χ4n) is 0.982. The van der Waals surface area contributed by atoms with E-state index in [2.05, 4.69) is 4.74 Å². The number of Topliss-reactive ketones (excluding diaryl/α,β-unsaturated/α-hetero) is 1. The molecular weight excluding hydrogens is 184 g/mol. The number of carbonyl (C=O) groups is 2. The van der Waals surface area contributed by atoms with E-state index in [4.69, 9.17) is 0 Å². The number of esters is 1. The summed E-state index contributed by atoms with van der Waals surface area (Å²) in [6, 6.07) is 0. The maximum absolute atomic E-state index is 11.4. The second-order valence-electron chi connectivity index (χ2n) is 3.28. The number of aliphatic hydroxyl groups is 1. The zero-order valence-electron chi connectivity index (χ0n) is 8.90. The predicted molar refractivity (Wildman–Crippen MR) is 51.6 cm³/mol. The summed E-state index contributed by atoms with van der Waals surface area (Å²) < 4.78 is 4.25. The van der Waals surface area contributed by atoms with Crippen molar-refractivity contribution in [3.05, 3.63) is 12.2 Å². The summed E-state index contributed by atoms with van der Waals surface area (Å²) in [5, 5.41) is 9.78. The highest BCUT2D eigenvalue weighted by molar-refractivity contribution is 6.36. The third-order valence-corrected chi connectivity index (χ3v) is 2.20. The maximum atomic E-state index is 11.4. The minimum absolute atomic E-state index is 0.431. The van der Waals surface area contributed by atoms with E-state index in [-0.39, 0.29) is 0 Å². The van der Waals surface area contributed by atoms with E-state index in [1.165, 1.54) is 6.92 Å². The van der Waals surface area contributed by atoms with Crippen LogP contribution in [0, 0.1) is 5.92 Å². The molecule has 0 aliphatic carbocycles. The van der Waals surface area contributed by atoms with Gasteiger partial charge in [-0.3, -0.25) is 4.79 Å². The van der Waals surface area contributed by atoms with Crippen LogP contribution in [0.4, 0.5) is 0 Å². The van der Waals surface area contributed by atoms with Crippen molar-refractivity contribution in [1.82, 2.24) is 0 Å². The first-order valence-electron chi connectivity index (χ1n) is 4.35. The van der Waals surface area contributed by atoms with Crippen molar-refractivity contribution in [2.45, 2.75) is 26.4 Å². The van der Waals surface area contributed by atoms with Crippen molar-refractivity contribution in [2.24, 2.45) is 5.92 Å². The number of carbonyl (C=O) groups excluding carboxylic acids is 2. The molecule has 0 aromatic heterocycles. The van der Waals surface area contributed by atoms with Crippen molar-refractivity contribution >= 4 is 11.8 Å². The van der Waals surface area contributed by atoms with Gasteiger partial charge in [0, 0.05) is 5.92 Å². The first-order chi connectivity index (χ1) is 6.37. The summed E-state index contributed by atoms with van der Waals surface area (Å²) in [5.74, 6) is -2.38. The lowest BCUT2D eigenvalue weighted by Crippen LogP contribution is -2.45. The van der Waals surface area contributed by atoms with Gasteiger partial charge in [-0.2, -0.15) is 0 Å². The van der Waals surface area contributed by atoms with Gasteiger partial charge in [0.1, 0.15) is 5.60 Å². The Balaban J connectivity index is 4.76. The highest BCUT2D eigenvalue weighted by atomic mass is 16.5. The van der Waals surface area contributed by atoms with Crippen molar-refractivity contribution in [3.63, 3.8) is 0 Å². The zero-order valence-corrected chi connectivity index (χ0v) is 8.90. The molecule has 0 aromatic rings. The number of rotatable bonds is 4. The molecule has 4 heteroatoms. The normalized spacial score (nSPS) is 17.5. The second-order valence-corrected chi connectivity index (χ2v) is 3.28. The van der Waals surface area contributed by atoms with Crippen molar-refractivity contribution < 1.29 is 19.4 Å². The van der Waals surface area contributed by atoms with Gasteiger partial charge in [-0.25, -0.2) is 4.79 Å². The van der Waals surface area contributed by atoms with E-state index in [0.29, 0.717) is 0 Å². The Bertz CT molecular complexity index is 253. The van der Waals surface area contributed by atoms with E-state index < -0.39 is 23.3 Å². The van der Waals surface area contributed by atoms with Gasteiger partial charge < -0.3 is 9.84 Å². The Kier molecular flexibility index (Phi) is 4.50. The van der Waals surface area contributed by atoms with Crippen LogP contribution in [0.1, 0.15) is 20.8 Å². The van der Waals surface area contributed by atoms with Gasteiger partial charge in [0.25, 0.3) is 5.78 Å². The number of ether oxygens (including phenoxy) is 1. The Labute approximate surface area is 83.6 Å². The van der Waals surface area contributed by atoms with Crippen LogP contribution in [0.25, 0.3) is 0 Å². The van der Waals surface area contributed by atoms with Gasteiger partial charge >= 0.3 is 5.97 Å². The Hall–Kier alpha value is -1.16. The minimum atomic E-state index is -1.71. The van der Waals surface area contributed by atoms with Gasteiger partial charge in [0.2, 0.25) is 0 Å². The molecule has 0 amide bonds. The Morgan fingerprint density at radius 2 is 2.00 bits per heavy atom. The number of hydrogen-bond donors (Lipinski definition) is 1. The molecule has 14 heavy (non-hydrogen) atoms. The first-order valence-corrected chi connectivity index (χ1v) is 4.35. The fourth-order valence-corrected chi connectivity index (χ4v) is 0.982. The first kappa shape index (κ1) is 12.8. The zero-order chi connectivity index (χ0) is 11.4.